The standard InChI is InChI=1S/C12H9FN2OS/c13-8-2-1-3-9(6-8)16-10-4-5-11(12(14)17)15-7-10/h1-7H,(H2,14,17). The third-order valence-electron chi connectivity index (χ3n) is 2.02. The molecule has 86 valence electrons. The van der Waals surface area contributed by atoms with Gasteiger partial charge in [-0.25, -0.2) is 9.37 Å². The van der Waals surface area contributed by atoms with Crippen LogP contribution in [-0.4, -0.2) is 9.97 Å². The maximum atomic E-state index is 12.9. The number of nitrogens with two attached hydrogens (primary N) is 1. The lowest BCUT2D eigenvalue weighted by molar-refractivity contribution is 0.474. The Bertz CT molecular complexity index is 542. The van der Waals surface area contributed by atoms with Crippen molar-refractivity contribution in [1.82, 2.24) is 4.98 Å². The first-order chi connectivity index (χ1) is 8.15. The Balaban J connectivity index is 2.16. The van der Waals surface area contributed by atoms with Crippen LogP contribution in [0.25, 0.3) is 0 Å². The SMILES string of the molecule is NC(=S)c1ccc(Oc2cccc(F)c2)cn1. The van der Waals surface area contributed by atoms with Gasteiger partial charge < -0.3 is 10.5 Å². The number of thiocarbonyl (C=S) groups is 1. The molecule has 1 aromatic heterocycles. The van der Waals surface area contributed by atoms with E-state index in [1.54, 1.807) is 24.3 Å². The van der Waals surface area contributed by atoms with Gasteiger partial charge in [0, 0.05) is 6.07 Å². The van der Waals surface area contributed by atoms with Crippen molar-refractivity contribution in [3.8, 4) is 11.5 Å². The zero-order valence-electron chi connectivity index (χ0n) is 8.76. The number of hydrogen-bond donors (Lipinski definition) is 1. The largest absolute Gasteiger partial charge is 0.456 e. The molecule has 0 spiro atoms. The zero-order valence-corrected chi connectivity index (χ0v) is 9.58. The Morgan fingerprint density at radius 2 is 2.06 bits per heavy atom. The van der Waals surface area contributed by atoms with Crippen LogP contribution in [-0.2, 0) is 0 Å². The monoisotopic (exact) mass is 248 g/mol. The van der Waals surface area contributed by atoms with Gasteiger partial charge in [-0.3, -0.25) is 0 Å². The fourth-order valence-electron chi connectivity index (χ4n) is 1.25. The Morgan fingerprint density at radius 1 is 1.24 bits per heavy atom. The van der Waals surface area contributed by atoms with E-state index < -0.39 is 0 Å². The third-order valence-corrected chi connectivity index (χ3v) is 2.23. The molecule has 2 N–H and O–H groups in total. The van der Waals surface area contributed by atoms with Gasteiger partial charge in [-0.1, -0.05) is 18.3 Å². The average molecular weight is 248 g/mol. The number of rotatable bonds is 3. The van der Waals surface area contributed by atoms with Crippen LogP contribution in [0, 0.1) is 5.82 Å². The molecule has 0 unspecified atom stereocenters. The van der Waals surface area contributed by atoms with E-state index in [-0.39, 0.29) is 10.8 Å². The number of ether oxygens (including phenoxy) is 1. The predicted octanol–water partition coefficient (Wildman–Crippen LogP) is 2.65. The van der Waals surface area contributed by atoms with Crippen LogP contribution in [0.5, 0.6) is 11.5 Å². The second kappa shape index (κ2) is 4.88. The quantitative estimate of drug-likeness (QED) is 0.848. The van der Waals surface area contributed by atoms with E-state index in [0.717, 1.165) is 0 Å². The molecule has 0 aliphatic carbocycles. The summed E-state index contributed by atoms with van der Waals surface area (Å²) in [6.07, 6.45) is 1.49. The molecule has 0 atom stereocenters. The van der Waals surface area contributed by atoms with Crippen LogP contribution < -0.4 is 10.5 Å². The molecule has 0 saturated carbocycles. The van der Waals surface area contributed by atoms with Crippen LogP contribution in [0.3, 0.4) is 0 Å². The van der Waals surface area contributed by atoms with E-state index >= 15 is 0 Å². The van der Waals surface area contributed by atoms with Crippen molar-refractivity contribution in [3.63, 3.8) is 0 Å². The van der Waals surface area contributed by atoms with Crippen molar-refractivity contribution in [2.45, 2.75) is 0 Å². The minimum absolute atomic E-state index is 0.224. The molecule has 0 aliphatic rings. The zero-order chi connectivity index (χ0) is 12.3. The van der Waals surface area contributed by atoms with E-state index in [9.17, 15) is 4.39 Å². The van der Waals surface area contributed by atoms with Crippen molar-refractivity contribution in [1.29, 1.82) is 0 Å². The fourth-order valence-corrected chi connectivity index (χ4v) is 1.37. The van der Waals surface area contributed by atoms with Gasteiger partial charge in [0.2, 0.25) is 0 Å². The maximum absolute atomic E-state index is 12.9. The minimum Gasteiger partial charge on any atom is -0.456 e. The van der Waals surface area contributed by atoms with Crippen molar-refractivity contribution in [2.75, 3.05) is 0 Å². The van der Waals surface area contributed by atoms with Crippen molar-refractivity contribution < 1.29 is 9.13 Å². The molecule has 1 aromatic carbocycles. The second-order valence-corrected chi connectivity index (χ2v) is 3.74. The second-order valence-electron chi connectivity index (χ2n) is 3.30. The Hall–Kier alpha value is -2.01. The van der Waals surface area contributed by atoms with Gasteiger partial charge in [0.15, 0.2) is 0 Å². The number of aromatic nitrogens is 1. The molecule has 0 radical (unpaired) electrons. The van der Waals surface area contributed by atoms with E-state index in [1.807, 2.05) is 0 Å². The highest BCUT2D eigenvalue weighted by Gasteiger charge is 2.01. The highest BCUT2D eigenvalue weighted by atomic mass is 32.1. The van der Waals surface area contributed by atoms with Crippen LogP contribution in [0.1, 0.15) is 5.69 Å². The molecule has 0 aliphatic heterocycles. The fraction of sp³-hybridized carbons (Fsp3) is 0. The van der Waals surface area contributed by atoms with Crippen molar-refractivity contribution >= 4 is 17.2 Å². The van der Waals surface area contributed by atoms with Gasteiger partial charge in [-0.15, -0.1) is 0 Å². The minimum atomic E-state index is -0.352. The molecule has 2 rings (SSSR count). The van der Waals surface area contributed by atoms with Crippen LogP contribution in [0.2, 0.25) is 0 Å². The highest BCUT2D eigenvalue weighted by molar-refractivity contribution is 7.80. The Kier molecular flexibility index (Phi) is 3.30. The van der Waals surface area contributed by atoms with E-state index in [2.05, 4.69) is 4.98 Å². The van der Waals surface area contributed by atoms with Gasteiger partial charge in [-0.2, -0.15) is 0 Å². The van der Waals surface area contributed by atoms with Gasteiger partial charge >= 0.3 is 0 Å². The molecule has 0 amide bonds. The maximum Gasteiger partial charge on any atom is 0.145 e. The lowest BCUT2D eigenvalue weighted by Crippen LogP contribution is -2.10. The van der Waals surface area contributed by atoms with E-state index in [1.165, 1.54) is 18.3 Å². The summed E-state index contributed by atoms with van der Waals surface area (Å²) >= 11 is 4.78. The number of benzene rings is 1. The van der Waals surface area contributed by atoms with Crippen LogP contribution in [0.15, 0.2) is 42.6 Å². The normalized spacial score (nSPS) is 9.94. The molecule has 0 fully saturated rings. The summed E-state index contributed by atoms with van der Waals surface area (Å²) in [5.74, 6) is 0.556. The lowest BCUT2D eigenvalue weighted by Gasteiger charge is -2.05. The molecular weight excluding hydrogens is 239 g/mol. The van der Waals surface area contributed by atoms with Gasteiger partial charge in [0.25, 0.3) is 0 Å². The summed E-state index contributed by atoms with van der Waals surface area (Å²) in [4.78, 5) is 4.24. The summed E-state index contributed by atoms with van der Waals surface area (Å²) in [6, 6.07) is 9.19. The predicted molar refractivity (Wildman–Crippen MR) is 66.6 cm³/mol. The number of pyridine rings is 1. The van der Waals surface area contributed by atoms with Crippen LogP contribution >= 0.6 is 12.2 Å². The van der Waals surface area contributed by atoms with Gasteiger partial charge in [0.05, 0.1) is 11.9 Å². The first-order valence-corrected chi connectivity index (χ1v) is 5.25. The summed E-state index contributed by atoms with van der Waals surface area (Å²) < 4.78 is 18.3. The molecule has 0 saturated heterocycles. The summed E-state index contributed by atoms with van der Waals surface area (Å²) in [7, 11) is 0. The number of halogens is 1. The highest BCUT2D eigenvalue weighted by Crippen LogP contribution is 2.21. The van der Waals surface area contributed by atoms with Gasteiger partial charge in [0.1, 0.15) is 22.3 Å². The number of hydrogen-bond acceptors (Lipinski definition) is 3. The first kappa shape index (κ1) is 11.5. The molecular formula is C12H9FN2OS. The van der Waals surface area contributed by atoms with Crippen molar-refractivity contribution in [2.24, 2.45) is 5.73 Å². The third kappa shape index (κ3) is 2.98. The molecule has 5 heteroatoms. The summed E-state index contributed by atoms with van der Waals surface area (Å²) in [6.45, 7) is 0. The molecule has 0 bridgehead atoms. The Morgan fingerprint density at radius 3 is 2.65 bits per heavy atom. The molecule has 1 heterocycles. The summed E-state index contributed by atoms with van der Waals surface area (Å²) in [5, 5.41) is 0. The lowest BCUT2D eigenvalue weighted by atomic mass is 10.3. The van der Waals surface area contributed by atoms with Crippen molar-refractivity contribution in [3.05, 3.63) is 54.1 Å². The van der Waals surface area contributed by atoms with Crippen LogP contribution in [0.4, 0.5) is 4.39 Å². The molecule has 3 nitrogen and oxygen atoms in total. The smallest absolute Gasteiger partial charge is 0.145 e. The van der Waals surface area contributed by atoms with E-state index in [0.29, 0.717) is 17.2 Å². The topological polar surface area (TPSA) is 48.1 Å². The molecule has 2 aromatic rings. The average Bonchev–Trinajstić information content (AvgIpc) is 2.29. The Labute approximate surface area is 103 Å². The summed E-state index contributed by atoms with van der Waals surface area (Å²) in [5.41, 5.74) is 5.93. The first-order valence-electron chi connectivity index (χ1n) is 4.84. The molecule has 17 heavy (non-hydrogen) atoms. The van der Waals surface area contributed by atoms with Gasteiger partial charge in [-0.05, 0) is 24.3 Å². The number of nitrogens with zero attached hydrogens (tertiary/aromatic N) is 1. The van der Waals surface area contributed by atoms with E-state index in [4.69, 9.17) is 22.7 Å².